The van der Waals surface area contributed by atoms with Crippen LogP contribution in [0.5, 0.6) is 0 Å². The summed E-state index contributed by atoms with van der Waals surface area (Å²) in [5.74, 6) is 0.933. The average Bonchev–Trinajstić information content (AvgIpc) is 2.83. The van der Waals surface area contributed by atoms with Gasteiger partial charge in [0, 0.05) is 26.2 Å². The molecule has 2 rings (SSSR count). The molecule has 0 radical (unpaired) electrons. The lowest BCUT2D eigenvalue weighted by Crippen LogP contribution is -2.48. The van der Waals surface area contributed by atoms with Crippen LogP contribution >= 0.6 is 27.3 Å². The highest BCUT2D eigenvalue weighted by Crippen LogP contribution is 2.23. The molecular formula is C14H21BrN2OS. The van der Waals surface area contributed by atoms with Gasteiger partial charge in [0.05, 0.1) is 8.66 Å². The Labute approximate surface area is 127 Å². The monoisotopic (exact) mass is 344 g/mol. The maximum atomic E-state index is 12.3. The van der Waals surface area contributed by atoms with Gasteiger partial charge in [-0.3, -0.25) is 9.69 Å². The Kier molecular flexibility index (Phi) is 5.42. The third kappa shape index (κ3) is 4.29. The van der Waals surface area contributed by atoms with Gasteiger partial charge in [-0.1, -0.05) is 13.8 Å². The zero-order chi connectivity index (χ0) is 13.8. The first-order valence-electron chi connectivity index (χ1n) is 6.83. The van der Waals surface area contributed by atoms with Crippen molar-refractivity contribution in [2.75, 3.05) is 32.7 Å². The summed E-state index contributed by atoms with van der Waals surface area (Å²) in [6.07, 6.45) is 1.24. The van der Waals surface area contributed by atoms with Crippen molar-refractivity contribution in [3.05, 3.63) is 20.8 Å². The van der Waals surface area contributed by atoms with Crippen LogP contribution in [0.25, 0.3) is 0 Å². The van der Waals surface area contributed by atoms with Gasteiger partial charge >= 0.3 is 0 Å². The summed E-state index contributed by atoms with van der Waals surface area (Å²) >= 11 is 4.92. The molecule has 19 heavy (non-hydrogen) atoms. The molecule has 0 unspecified atom stereocenters. The molecule has 3 nitrogen and oxygen atoms in total. The quantitative estimate of drug-likeness (QED) is 0.836. The minimum atomic E-state index is 0.180. The van der Waals surface area contributed by atoms with Crippen LogP contribution in [-0.2, 0) is 0 Å². The number of carbonyl (C=O) groups excluding carboxylic acids is 1. The van der Waals surface area contributed by atoms with Crippen LogP contribution in [0.3, 0.4) is 0 Å². The number of thiophene rings is 1. The standard InChI is InChI=1S/C14H21BrN2OS/c1-11(2)5-6-16-7-9-17(10-8-16)14(18)12-3-4-13(15)19-12/h3-4,11H,5-10H2,1-2H3. The third-order valence-corrected chi connectivity index (χ3v) is 5.08. The molecule has 2 heterocycles. The van der Waals surface area contributed by atoms with Crippen molar-refractivity contribution >= 4 is 33.2 Å². The molecule has 0 atom stereocenters. The normalized spacial score (nSPS) is 17.2. The molecule has 1 fully saturated rings. The fraction of sp³-hybridized carbons (Fsp3) is 0.643. The molecule has 0 bridgehead atoms. The molecule has 0 spiro atoms. The van der Waals surface area contributed by atoms with E-state index < -0.39 is 0 Å². The SMILES string of the molecule is CC(C)CCN1CCN(C(=O)c2ccc(Br)s2)CC1. The highest BCUT2D eigenvalue weighted by Gasteiger charge is 2.22. The lowest BCUT2D eigenvalue weighted by molar-refractivity contribution is 0.0636. The zero-order valence-corrected chi connectivity index (χ0v) is 14.0. The van der Waals surface area contributed by atoms with Gasteiger partial charge in [-0.25, -0.2) is 0 Å². The van der Waals surface area contributed by atoms with E-state index in [1.54, 1.807) is 0 Å². The Morgan fingerprint density at radius 2 is 2.00 bits per heavy atom. The third-order valence-electron chi connectivity index (χ3n) is 3.47. The second-order valence-corrected chi connectivity index (χ2v) is 7.88. The summed E-state index contributed by atoms with van der Waals surface area (Å²) in [7, 11) is 0. The minimum Gasteiger partial charge on any atom is -0.335 e. The van der Waals surface area contributed by atoms with Gasteiger partial charge in [-0.2, -0.15) is 0 Å². The Bertz CT molecular complexity index is 425. The molecule has 106 valence electrons. The van der Waals surface area contributed by atoms with Crippen molar-refractivity contribution in [2.24, 2.45) is 5.92 Å². The summed E-state index contributed by atoms with van der Waals surface area (Å²) in [5.41, 5.74) is 0. The Hall–Kier alpha value is -0.390. The fourth-order valence-electron chi connectivity index (χ4n) is 2.20. The minimum absolute atomic E-state index is 0.180. The number of amides is 1. The molecule has 1 amide bonds. The van der Waals surface area contributed by atoms with Gasteiger partial charge in [0.2, 0.25) is 0 Å². The number of carbonyl (C=O) groups is 1. The van der Waals surface area contributed by atoms with E-state index in [1.165, 1.54) is 17.8 Å². The Morgan fingerprint density at radius 1 is 1.32 bits per heavy atom. The van der Waals surface area contributed by atoms with Crippen LogP contribution in [0, 0.1) is 5.92 Å². The maximum absolute atomic E-state index is 12.3. The van der Waals surface area contributed by atoms with E-state index in [0.29, 0.717) is 0 Å². The van der Waals surface area contributed by atoms with Gasteiger partial charge in [-0.05, 0) is 46.9 Å². The molecule has 1 aliphatic heterocycles. The second kappa shape index (κ2) is 6.86. The second-order valence-electron chi connectivity index (χ2n) is 5.42. The van der Waals surface area contributed by atoms with Crippen LogP contribution in [0.4, 0.5) is 0 Å². The molecule has 0 aromatic carbocycles. The van der Waals surface area contributed by atoms with E-state index in [2.05, 4.69) is 34.7 Å². The van der Waals surface area contributed by atoms with Gasteiger partial charge in [-0.15, -0.1) is 11.3 Å². The number of halogens is 1. The van der Waals surface area contributed by atoms with Gasteiger partial charge in [0.25, 0.3) is 5.91 Å². The van der Waals surface area contributed by atoms with Gasteiger partial charge < -0.3 is 4.90 Å². The lowest BCUT2D eigenvalue weighted by Gasteiger charge is -2.34. The first kappa shape index (κ1) is 15.0. The summed E-state index contributed by atoms with van der Waals surface area (Å²) in [6, 6.07) is 3.85. The van der Waals surface area contributed by atoms with Crippen molar-refractivity contribution in [1.82, 2.24) is 9.80 Å². The Balaban J connectivity index is 1.81. The first-order chi connectivity index (χ1) is 9.06. The smallest absolute Gasteiger partial charge is 0.264 e. The first-order valence-corrected chi connectivity index (χ1v) is 8.44. The average molecular weight is 345 g/mol. The summed E-state index contributed by atoms with van der Waals surface area (Å²) in [4.78, 5) is 17.6. The summed E-state index contributed by atoms with van der Waals surface area (Å²) in [6.45, 7) is 9.39. The van der Waals surface area contributed by atoms with Crippen molar-refractivity contribution < 1.29 is 4.79 Å². The number of rotatable bonds is 4. The number of piperazine rings is 1. The number of hydrogen-bond donors (Lipinski definition) is 0. The molecule has 0 aliphatic carbocycles. The van der Waals surface area contributed by atoms with Gasteiger partial charge in [0.15, 0.2) is 0 Å². The van der Waals surface area contributed by atoms with Crippen LogP contribution in [0.2, 0.25) is 0 Å². The fourth-order valence-corrected chi connectivity index (χ4v) is 3.55. The van der Waals surface area contributed by atoms with Crippen molar-refractivity contribution in [3.8, 4) is 0 Å². The van der Waals surface area contributed by atoms with E-state index in [1.807, 2.05) is 17.0 Å². The number of nitrogens with zero attached hydrogens (tertiary/aromatic N) is 2. The molecule has 1 aliphatic rings. The molecule has 5 heteroatoms. The Morgan fingerprint density at radius 3 is 2.53 bits per heavy atom. The van der Waals surface area contributed by atoms with E-state index in [0.717, 1.165) is 47.3 Å². The van der Waals surface area contributed by atoms with Crippen LogP contribution in [-0.4, -0.2) is 48.4 Å². The topological polar surface area (TPSA) is 23.6 Å². The largest absolute Gasteiger partial charge is 0.335 e. The highest BCUT2D eigenvalue weighted by atomic mass is 79.9. The van der Waals surface area contributed by atoms with E-state index >= 15 is 0 Å². The number of hydrogen-bond acceptors (Lipinski definition) is 3. The van der Waals surface area contributed by atoms with Crippen molar-refractivity contribution in [1.29, 1.82) is 0 Å². The van der Waals surface area contributed by atoms with Gasteiger partial charge in [0.1, 0.15) is 0 Å². The molecular weight excluding hydrogens is 324 g/mol. The molecule has 0 saturated carbocycles. The predicted molar refractivity (Wildman–Crippen MR) is 83.8 cm³/mol. The van der Waals surface area contributed by atoms with E-state index in [-0.39, 0.29) is 5.91 Å². The molecule has 0 N–H and O–H groups in total. The molecule has 1 saturated heterocycles. The lowest BCUT2D eigenvalue weighted by atomic mass is 10.1. The summed E-state index contributed by atoms with van der Waals surface area (Å²) < 4.78 is 1.02. The maximum Gasteiger partial charge on any atom is 0.264 e. The van der Waals surface area contributed by atoms with Crippen molar-refractivity contribution in [3.63, 3.8) is 0 Å². The van der Waals surface area contributed by atoms with Crippen LogP contribution < -0.4 is 0 Å². The van der Waals surface area contributed by atoms with E-state index in [9.17, 15) is 4.79 Å². The molecule has 1 aromatic rings. The van der Waals surface area contributed by atoms with E-state index in [4.69, 9.17) is 0 Å². The summed E-state index contributed by atoms with van der Waals surface area (Å²) in [5, 5.41) is 0. The predicted octanol–water partition coefficient (Wildman–Crippen LogP) is 3.31. The zero-order valence-electron chi connectivity index (χ0n) is 11.6. The van der Waals surface area contributed by atoms with Crippen LogP contribution in [0.15, 0.2) is 15.9 Å². The van der Waals surface area contributed by atoms with Crippen LogP contribution in [0.1, 0.15) is 29.9 Å². The highest BCUT2D eigenvalue weighted by molar-refractivity contribution is 9.11. The molecule has 1 aromatic heterocycles. The van der Waals surface area contributed by atoms with Crippen molar-refractivity contribution in [2.45, 2.75) is 20.3 Å².